The van der Waals surface area contributed by atoms with Crippen molar-refractivity contribution < 1.29 is 23.1 Å². The van der Waals surface area contributed by atoms with Gasteiger partial charge in [0.25, 0.3) is 0 Å². The molecule has 0 aromatic carbocycles. The quantitative estimate of drug-likeness (QED) is 0.791. The largest absolute Gasteiger partial charge is 0.406 e. The van der Waals surface area contributed by atoms with Crippen molar-refractivity contribution >= 4 is 5.91 Å². The van der Waals surface area contributed by atoms with E-state index >= 15 is 0 Å². The van der Waals surface area contributed by atoms with Gasteiger partial charge in [-0.05, 0) is 18.9 Å². The van der Waals surface area contributed by atoms with E-state index in [9.17, 15) is 18.0 Å². The normalized spacial score (nSPS) is 23.9. The van der Waals surface area contributed by atoms with E-state index in [-0.39, 0.29) is 12.5 Å². The maximum absolute atomic E-state index is 12.5. The Balaban J connectivity index is 2.91. The summed E-state index contributed by atoms with van der Waals surface area (Å²) in [6.07, 6.45) is -3.92. The molecule has 0 aromatic heterocycles. The number of rotatable bonds is 5. The third-order valence-corrected chi connectivity index (χ3v) is 3.75. The predicted molar refractivity (Wildman–Crippen MR) is 64.5 cm³/mol. The molecule has 1 aliphatic heterocycles. The molecule has 0 aromatic rings. The Morgan fingerprint density at radius 2 is 2.11 bits per heavy atom. The fourth-order valence-electron chi connectivity index (χ4n) is 2.54. The highest BCUT2D eigenvalue weighted by Gasteiger charge is 2.47. The van der Waals surface area contributed by atoms with Gasteiger partial charge >= 0.3 is 6.18 Å². The molecule has 0 bridgehead atoms. The van der Waals surface area contributed by atoms with Gasteiger partial charge in [0.05, 0.1) is 12.0 Å². The number of nitrogens with one attached hydrogen (secondary N) is 1. The van der Waals surface area contributed by atoms with Crippen molar-refractivity contribution in [1.82, 2.24) is 10.2 Å². The second-order valence-electron chi connectivity index (χ2n) is 5.30. The van der Waals surface area contributed by atoms with Crippen molar-refractivity contribution in [2.45, 2.75) is 26.4 Å². The van der Waals surface area contributed by atoms with E-state index in [1.807, 2.05) is 13.8 Å². The zero-order valence-electron chi connectivity index (χ0n) is 11.3. The number of halogens is 3. The standard InChI is InChI=1S/C12H21F3N2O2/c1-9(2)11(3-4-16-7-11)10(19)17(5-6-18)8-12(13,14)15/h9,16,18H,3-8H2,1-2H3. The molecule has 0 aliphatic carbocycles. The second kappa shape index (κ2) is 6.09. The molecule has 2 N–H and O–H groups in total. The number of carbonyl (C=O) groups is 1. The molecule has 1 heterocycles. The fourth-order valence-corrected chi connectivity index (χ4v) is 2.54. The lowest BCUT2D eigenvalue weighted by Crippen LogP contribution is -2.51. The molecule has 1 atom stereocenters. The maximum Gasteiger partial charge on any atom is 0.406 e. The lowest BCUT2D eigenvalue weighted by Gasteiger charge is -2.36. The van der Waals surface area contributed by atoms with Crippen molar-refractivity contribution in [2.24, 2.45) is 11.3 Å². The average Bonchev–Trinajstić information content (AvgIpc) is 2.76. The van der Waals surface area contributed by atoms with Crippen LogP contribution >= 0.6 is 0 Å². The van der Waals surface area contributed by atoms with E-state index in [0.29, 0.717) is 19.5 Å². The number of hydrogen-bond acceptors (Lipinski definition) is 3. The summed E-state index contributed by atoms with van der Waals surface area (Å²) in [6, 6.07) is 0. The smallest absolute Gasteiger partial charge is 0.395 e. The summed E-state index contributed by atoms with van der Waals surface area (Å²) in [5.74, 6) is -0.566. The summed E-state index contributed by atoms with van der Waals surface area (Å²) in [5, 5.41) is 11.9. The third-order valence-electron chi connectivity index (χ3n) is 3.75. The minimum atomic E-state index is -4.45. The Morgan fingerprint density at radius 1 is 1.47 bits per heavy atom. The predicted octanol–water partition coefficient (Wildman–Crippen LogP) is 1.01. The molecule has 1 aliphatic rings. The van der Waals surface area contributed by atoms with E-state index in [0.717, 1.165) is 4.90 Å². The van der Waals surface area contributed by atoms with Crippen LogP contribution in [0.2, 0.25) is 0 Å². The van der Waals surface area contributed by atoms with E-state index < -0.39 is 30.7 Å². The molecule has 7 heteroatoms. The molecule has 112 valence electrons. The molecule has 0 spiro atoms. The molecule has 1 unspecified atom stereocenters. The summed E-state index contributed by atoms with van der Waals surface area (Å²) in [4.78, 5) is 13.2. The fraction of sp³-hybridized carbons (Fsp3) is 0.917. The molecule has 1 fully saturated rings. The summed E-state index contributed by atoms with van der Waals surface area (Å²) in [5.41, 5.74) is -0.791. The van der Waals surface area contributed by atoms with Gasteiger partial charge in [-0.3, -0.25) is 4.79 Å². The Hall–Kier alpha value is -0.820. The first kappa shape index (κ1) is 16.2. The lowest BCUT2D eigenvalue weighted by atomic mass is 9.75. The van der Waals surface area contributed by atoms with E-state index in [4.69, 9.17) is 5.11 Å². The first-order chi connectivity index (χ1) is 8.73. The molecule has 19 heavy (non-hydrogen) atoms. The Bertz CT molecular complexity index is 313. The highest BCUT2D eigenvalue weighted by molar-refractivity contribution is 5.83. The van der Waals surface area contributed by atoms with Crippen molar-refractivity contribution in [3.05, 3.63) is 0 Å². The van der Waals surface area contributed by atoms with Crippen LogP contribution in [0.1, 0.15) is 20.3 Å². The minimum Gasteiger partial charge on any atom is -0.395 e. The zero-order chi connectivity index (χ0) is 14.7. The Morgan fingerprint density at radius 3 is 2.47 bits per heavy atom. The Labute approximate surface area is 111 Å². The van der Waals surface area contributed by atoms with Crippen LogP contribution in [0.4, 0.5) is 13.2 Å². The highest BCUT2D eigenvalue weighted by Crippen LogP contribution is 2.36. The van der Waals surface area contributed by atoms with Crippen LogP contribution in [0.15, 0.2) is 0 Å². The summed E-state index contributed by atoms with van der Waals surface area (Å²) < 4.78 is 37.5. The van der Waals surface area contributed by atoms with Gasteiger partial charge in [0.15, 0.2) is 0 Å². The number of aliphatic hydroxyl groups is 1. The first-order valence-corrected chi connectivity index (χ1v) is 6.40. The van der Waals surface area contributed by atoms with Gasteiger partial charge in [-0.2, -0.15) is 13.2 Å². The summed E-state index contributed by atoms with van der Waals surface area (Å²) >= 11 is 0. The summed E-state index contributed by atoms with van der Waals surface area (Å²) in [6.45, 7) is 2.65. The SMILES string of the molecule is CC(C)C1(C(=O)N(CCO)CC(F)(F)F)CCNC1. The summed E-state index contributed by atoms with van der Waals surface area (Å²) in [7, 11) is 0. The number of amides is 1. The lowest BCUT2D eigenvalue weighted by molar-refractivity contribution is -0.169. The maximum atomic E-state index is 12.5. The number of hydrogen-bond donors (Lipinski definition) is 2. The van der Waals surface area contributed by atoms with Crippen molar-refractivity contribution in [1.29, 1.82) is 0 Å². The Kier molecular flexibility index (Phi) is 5.20. The average molecular weight is 282 g/mol. The van der Waals surface area contributed by atoms with Crippen LogP contribution in [-0.4, -0.2) is 54.9 Å². The molecule has 4 nitrogen and oxygen atoms in total. The number of carbonyl (C=O) groups excluding carboxylic acids is 1. The molecule has 1 rings (SSSR count). The van der Waals surface area contributed by atoms with Crippen molar-refractivity contribution in [3.63, 3.8) is 0 Å². The van der Waals surface area contributed by atoms with Gasteiger partial charge in [0.1, 0.15) is 6.54 Å². The van der Waals surface area contributed by atoms with Gasteiger partial charge in [-0.1, -0.05) is 13.8 Å². The zero-order valence-corrected chi connectivity index (χ0v) is 11.3. The minimum absolute atomic E-state index is 0.0515. The topological polar surface area (TPSA) is 52.6 Å². The van der Waals surface area contributed by atoms with E-state index in [1.54, 1.807) is 0 Å². The number of aliphatic hydroxyl groups excluding tert-OH is 1. The third kappa shape index (κ3) is 3.82. The van der Waals surface area contributed by atoms with Crippen LogP contribution in [0.25, 0.3) is 0 Å². The van der Waals surface area contributed by atoms with Crippen LogP contribution in [0.5, 0.6) is 0 Å². The second-order valence-corrected chi connectivity index (χ2v) is 5.30. The molecule has 0 radical (unpaired) electrons. The van der Waals surface area contributed by atoms with E-state index in [2.05, 4.69) is 5.32 Å². The van der Waals surface area contributed by atoms with Crippen molar-refractivity contribution in [3.8, 4) is 0 Å². The molecule has 1 amide bonds. The first-order valence-electron chi connectivity index (χ1n) is 6.40. The number of nitrogens with zero attached hydrogens (tertiary/aromatic N) is 1. The number of alkyl halides is 3. The monoisotopic (exact) mass is 282 g/mol. The van der Waals surface area contributed by atoms with Gasteiger partial charge in [-0.15, -0.1) is 0 Å². The van der Waals surface area contributed by atoms with Crippen LogP contribution in [-0.2, 0) is 4.79 Å². The van der Waals surface area contributed by atoms with Crippen LogP contribution < -0.4 is 5.32 Å². The van der Waals surface area contributed by atoms with Gasteiger partial charge < -0.3 is 15.3 Å². The van der Waals surface area contributed by atoms with Crippen molar-refractivity contribution in [2.75, 3.05) is 32.8 Å². The van der Waals surface area contributed by atoms with Crippen LogP contribution in [0, 0.1) is 11.3 Å². The van der Waals surface area contributed by atoms with E-state index in [1.165, 1.54) is 0 Å². The molecule has 0 saturated carbocycles. The molecular formula is C12H21F3N2O2. The van der Waals surface area contributed by atoms with Gasteiger partial charge in [0.2, 0.25) is 5.91 Å². The van der Waals surface area contributed by atoms with Gasteiger partial charge in [0, 0.05) is 13.1 Å². The highest BCUT2D eigenvalue weighted by atomic mass is 19.4. The molecule has 1 saturated heterocycles. The molecular weight excluding hydrogens is 261 g/mol. The van der Waals surface area contributed by atoms with Crippen LogP contribution in [0.3, 0.4) is 0 Å². The van der Waals surface area contributed by atoms with Gasteiger partial charge in [-0.25, -0.2) is 0 Å².